The molecule has 17 heavy (non-hydrogen) atoms. The quantitative estimate of drug-likeness (QED) is 0.576. The van der Waals surface area contributed by atoms with Crippen molar-refractivity contribution in [2.75, 3.05) is 6.61 Å². The zero-order chi connectivity index (χ0) is 12.9. The van der Waals surface area contributed by atoms with E-state index in [0.29, 0.717) is 6.42 Å². The summed E-state index contributed by atoms with van der Waals surface area (Å²) < 4.78 is 28.4. The molecule has 0 aromatic heterocycles. The first-order chi connectivity index (χ1) is 7.95. The molecule has 4 nitrogen and oxygen atoms in total. The lowest BCUT2D eigenvalue weighted by Gasteiger charge is -2.09. The van der Waals surface area contributed by atoms with Crippen molar-refractivity contribution in [3.05, 3.63) is 29.8 Å². The standard InChI is InChI=1S/C12H16O4S/c1-10-3-5-12(6-4-10)17(14,15)16-9-11(2)7-8-13/h3-6,8,11H,7,9H2,1-2H3/t11-/m0/s1. The van der Waals surface area contributed by atoms with Crippen LogP contribution in [0.25, 0.3) is 0 Å². The molecule has 0 amide bonds. The second-order valence-electron chi connectivity index (χ2n) is 4.06. The fourth-order valence-corrected chi connectivity index (χ4v) is 2.23. The minimum Gasteiger partial charge on any atom is -0.303 e. The fourth-order valence-electron chi connectivity index (χ4n) is 1.21. The van der Waals surface area contributed by atoms with Gasteiger partial charge in [0.25, 0.3) is 10.1 Å². The Balaban J connectivity index is 2.69. The van der Waals surface area contributed by atoms with Gasteiger partial charge in [0, 0.05) is 6.42 Å². The summed E-state index contributed by atoms with van der Waals surface area (Å²) >= 11 is 0. The molecule has 0 aliphatic carbocycles. The van der Waals surface area contributed by atoms with Crippen molar-refractivity contribution in [2.45, 2.75) is 25.2 Å². The summed E-state index contributed by atoms with van der Waals surface area (Å²) in [4.78, 5) is 10.4. The molecule has 0 unspecified atom stereocenters. The second kappa shape index (κ2) is 5.93. The summed E-state index contributed by atoms with van der Waals surface area (Å²) in [7, 11) is -3.71. The first-order valence-electron chi connectivity index (χ1n) is 5.35. The van der Waals surface area contributed by atoms with Crippen LogP contribution < -0.4 is 0 Å². The Bertz CT molecular complexity index is 462. The van der Waals surface area contributed by atoms with Crippen LogP contribution in [0.1, 0.15) is 18.9 Å². The van der Waals surface area contributed by atoms with Crippen molar-refractivity contribution in [3.63, 3.8) is 0 Å². The van der Waals surface area contributed by atoms with Crippen LogP contribution in [0.3, 0.4) is 0 Å². The van der Waals surface area contributed by atoms with Gasteiger partial charge < -0.3 is 4.79 Å². The van der Waals surface area contributed by atoms with Gasteiger partial charge in [0.1, 0.15) is 6.29 Å². The molecule has 1 atom stereocenters. The van der Waals surface area contributed by atoms with E-state index in [0.717, 1.165) is 11.8 Å². The molecule has 0 radical (unpaired) electrons. The molecular formula is C12H16O4S. The van der Waals surface area contributed by atoms with Crippen LogP contribution in [0.5, 0.6) is 0 Å². The number of benzene rings is 1. The summed E-state index contributed by atoms with van der Waals surface area (Å²) in [6.07, 6.45) is 1.05. The number of rotatable bonds is 6. The SMILES string of the molecule is Cc1ccc(S(=O)(=O)OC[C@@H](C)CC=O)cc1. The predicted molar refractivity (Wildman–Crippen MR) is 64.2 cm³/mol. The maximum absolute atomic E-state index is 11.7. The van der Waals surface area contributed by atoms with E-state index in [1.807, 2.05) is 6.92 Å². The highest BCUT2D eigenvalue weighted by molar-refractivity contribution is 7.86. The Labute approximate surface area is 102 Å². The smallest absolute Gasteiger partial charge is 0.296 e. The topological polar surface area (TPSA) is 60.4 Å². The number of hydrogen-bond donors (Lipinski definition) is 0. The number of aryl methyl sites for hydroxylation is 1. The molecule has 0 saturated carbocycles. The van der Waals surface area contributed by atoms with Crippen LogP contribution in [0, 0.1) is 12.8 Å². The van der Waals surface area contributed by atoms with E-state index in [2.05, 4.69) is 0 Å². The molecule has 0 spiro atoms. The van der Waals surface area contributed by atoms with Crippen molar-refractivity contribution in [1.82, 2.24) is 0 Å². The molecule has 1 rings (SSSR count). The van der Waals surface area contributed by atoms with Gasteiger partial charge in [0.15, 0.2) is 0 Å². The largest absolute Gasteiger partial charge is 0.303 e. The van der Waals surface area contributed by atoms with Gasteiger partial charge in [-0.15, -0.1) is 0 Å². The Hall–Kier alpha value is -1.20. The third-order valence-corrected chi connectivity index (χ3v) is 3.61. The van der Waals surface area contributed by atoms with E-state index in [1.54, 1.807) is 19.1 Å². The van der Waals surface area contributed by atoms with Crippen molar-refractivity contribution in [1.29, 1.82) is 0 Å². The summed E-state index contributed by atoms with van der Waals surface area (Å²) in [5.41, 5.74) is 0.985. The van der Waals surface area contributed by atoms with Crippen molar-refractivity contribution < 1.29 is 17.4 Å². The van der Waals surface area contributed by atoms with Gasteiger partial charge in [-0.3, -0.25) is 4.18 Å². The molecular weight excluding hydrogens is 240 g/mol. The number of hydrogen-bond acceptors (Lipinski definition) is 4. The van der Waals surface area contributed by atoms with Gasteiger partial charge in [-0.25, -0.2) is 0 Å². The maximum atomic E-state index is 11.7. The Morgan fingerprint density at radius 3 is 2.41 bits per heavy atom. The van der Waals surface area contributed by atoms with Crippen LogP contribution in [-0.2, 0) is 19.1 Å². The van der Waals surface area contributed by atoms with Crippen LogP contribution in [0.4, 0.5) is 0 Å². The molecule has 94 valence electrons. The summed E-state index contributed by atoms with van der Waals surface area (Å²) in [6.45, 7) is 3.66. The van der Waals surface area contributed by atoms with E-state index in [-0.39, 0.29) is 17.4 Å². The average molecular weight is 256 g/mol. The van der Waals surface area contributed by atoms with Gasteiger partial charge in [-0.2, -0.15) is 8.42 Å². The summed E-state index contributed by atoms with van der Waals surface area (Å²) in [5, 5.41) is 0. The molecule has 1 aromatic rings. The zero-order valence-electron chi connectivity index (χ0n) is 9.92. The number of aldehydes is 1. The molecule has 5 heteroatoms. The second-order valence-corrected chi connectivity index (χ2v) is 5.67. The fraction of sp³-hybridized carbons (Fsp3) is 0.417. The van der Waals surface area contributed by atoms with Gasteiger partial charge in [-0.1, -0.05) is 24.6 Å². The van der Waals surface area contributed by atoms with Crippen LogP contribution in [0.15, 0.2) is 29.2 Å². The maximum Gasteiger partial charge on any atom is 0.296 e. The molecule has 0 heterocycles. The first kappa shape index (κ1) is 13.9. The lowest BCUT2D eigenvalue weighted by molar-refractivity contribution is -0.108. The minimum absolute atomic E-state index is 0.0228. The summed E-state index contributed by atoms with van der Waals surface area (Å²) in [5.74, 6) is -0.104. The number of carbonyl (C=O) groups excluding carboxylic acids is 1. The van der Waals surface area contributed by atoms with Crippen LogP contribution in [-0.4, -0.2) is 21.3 Å². The average Bonchev–Trinajstić information content (AvgIpc) is 2.28. The molecule has 0 bridgehead atoms. The third kappa shape index (κ3) is 4.28. The van der Waals surface area contributed by atoms with E-state index in [4.69, 9.17) is 4.18 Å². The monoisotopic (exact) mass is 256 g/mol. The Kier molecular flexibility index (Phi) is 4.84. The first-order valence-corrected chi connectivity index (χ1v) is 6.76. The van der Waals surface area contributed by atoms with E-state index in [1.165, 1.54) is 12.1 Å². The lowest BCUT2D eigenvalue weighted by atomic mass is 10.1. The molecule has 0 aliphatic heterocycles. The van der Waals surface area contributed by atoms with Crippen molar-refractivity contribution in [3.8, 4) is 0 Å². The van der Waals surface area contributed by atoms with E-state index >= 15 is 0 Å². The summed E-state index contributed by atoms with van der Waals surface area (Å²) in [6, 6.07) is 6.44. The normalized spacial score (nSPS) is 13.3. The molecule has 0 aliphatic rings. The van der Waals surface area contributed by atoms with Crippen LogP contribution in [0.2, 0.25) is 0 Å². The minimum atomic E-state index is -3.71. The highest BCUT2D eigenvalue weighted by Crippen LogP contribution is 2.14. The zero-order valence-corrected chi connectivity index (χ0v) is 10.7. The van der Waals surface area contributed by atoms with E-state index < -0.39 is 10.1 Å². The highest BCUT2D eigenvalue weighted by atomic mass is 32.2. The van der Waals surface area contributed by atoms with Crippen molar-refractivity contribution in [2.24, 2.45) is 5.92 Å². The van der Waals surface area contributed by atoms with Gasteiger partial charge in [0.05, 0.1) is 11.5 Å². The predicted octanol–water partition coefficient (Wildman–Crippen LogP) is 1.93. The van der Waals surface area contributed by atoms with Gasteiger partial charge in [0.2, 0.25) is 0 Å². The third-order valence-electron chi connectivity index (χ3n) is 2.32. The Morgan fingerprint density at radius 1 is 1.29 bits per heavy atom. The van der Waals surface area contributed by atoms with E-state index in [9.17, 15) is 13.2 Å². The molecule has 0 N–H and O–H groups in total. The molecule has 1 aromatic carbocycles. The van der Waals surface area contributed by atoms with Crippen molar-refractivity contribution >= 4 is 16.4 Å². The highest BCUT2D eigenvalue weighted by Gasteiger charge is 2.16. The number of carbonyl (C=O) groups is 1. The van der Waals surface area contributed by atoms with Crippen LogP contribution >= 0.6 is 0 Å². The Morgan fingerprint density at radius 2 is 1.88 bits per heavy atom. The molecule has 0 fully saturated rings. The molecule has 0 saturated heterocycles. The van der Waals surface area contributed by atoms with Gasteiger partial charge in [-0.05, 0) is 25.0 Å². The lowest BCUT2D eigenvalue weighted by Crippen LogP contribution is -2.13. The van der Waals surface area contributed by atoms with Gasteiger partial charge >= 0.3 is 0 Å².